The molecular formula is C11H8F6O2. The third-order valence-corrected chi connectivity index (χ3v) is 2.17. The molecule has 0 unspecified atom stereocenters. The van der Waals surface area contributed by atoms with Crippen molar-refractivity contribution in [3.8, 4) is 5.75 Å². The van der Waals surface area contributed by atoms with Crippen LogP contribution >= 0.6 is 0 Å². The third kappa shape index (κ3) is 3.87. The fourth-order valence-corrected chi connectivity index (χ4v) is 1.32. The third-order valence-electron chi connectivity index (χ3n) is 2.17. The van der Waals surface area contributed by atoms with Gasteiger partial charge in [-0.05, 0) is 30.7 Å². The zero-order valence-electron chi connectivity index (χ0n) is 9.47. The van der Waals surface area contributed by atoms with E-state index in [0.29, 0.717) is 6.29 Å². The number of alkyl halides is 6. The van der Waals surface area contributed by atoms with E-state index >= 15 is 0 Å². The largest absolute Gasteiger partial charge is 0.471 e. The maximum Gasteiger partial charge on any atom is 0.434 e. The second kappa shape index (κ2) is 5.10. The van der Waals surface area contributed by atoms with Crippen molar-refractivity contribution in [1.29, 1.82) is 0 Å². The number of aryl methyl sites for hydroxylation is 1. The highest BCUT2D eigenvalue weighted by molar-refractivity contribution is 5.75. The molecular weight excluding hydrogens is 278 g/mol. The van der Waals surface area contributed by atoms with Gasteiger partial charge >= 0.3 is 12.4 Å². The van der Waals surface area contributed by atoms with E-state index in [4.69, 9.17) is 0 Å². The number of carbonyl (C=O) groups excluding carboxylic acids is 1. The average molecular weight is 286 g/mol. The Hall–Kier alpha value is -1.73. The summed E-state index contributed by atoms with van der Waals surface area (Å²) in [5.41, 5.74) is 0.128. The van der Waals surface area contributed by atoms with Crippen molar-refractivity contribution < 1.29 is 35.9 Å². The molecule has 0 heterocycles. The molecule has 1 aromatic carbocycles. The molecule has 0 saturated heterocycles. The molecule has 0 aliphatic rings. The van der Waals surface area contributed by atoms with Crippen molar-refractivity contribution in [2.24, 2.45) is 0 Å². The number of aldehydes is 1. The van der Waals surface area contributed by atoms with Crippen LogP contribution in [0.2, 0.25) is 0 Å². The highest BCUT2D eigenvalue weighted by Gasteiger charge is 2.59. The number of ether oxygens (including phenoxy) is 1. The van der Waals surface area contributed by atoms with Crippen LogP contribution in [0.15, 0.2) is 18.2 Å². The molecule has 2 nitrogen and oxygen atoms in total. The van der Waals surface area contributed by atoms with Gasteiger partial charge < -0.3 is 4.74 Å². The maximum absolute atomic E-state index is 12.3. The van der Waals surface area contributed by atoms with Gasteiger partial charge in [-0.25, -0.2) is 0 Å². The Morgan fingerprint density at radius 3 is 2.00 bits per heavy atom. The highest BCUT2D eigenvalue weighted by Crippen LogP contribution is 2.37. The molecule has 0 N–H and O–H groups in total. The molecule has 0 saturated carbocycles. The number of rotatable bonds is 3. The van der Waals surface area contributed by atoms with Crippen LogP contribution in [-0.4, -0.2) is 24.7 Å². The quantitative estimate of drug-likeness (QED) is 0.626. The molecule has 106 valence electrons. The van der Waals surface area contributed by atoms with Crippen LogP contribution in [0.25, 0.3) is 0 Å². The predicted octanol–water partition coefficient (Wildman–Crippen LogP) is 3.68. The Morgan fingerprint density at radius 2 is 1.63 bits per heavy atom. The molecule has 19 heavy (non-hydrogen) atoms. The van der Waals surface area contributed by atoms with Gasteiger partial charge in [0, 0.05) is 5.56 Å². The number of hydrogen-bond acceptors (Lipinski definition) is 2. The summed E-state index contributed by atoms with van der Waals surface area (Å²) < 4.78 is 77.7. The minimum Gasteiger partial charge on any atom is -0.471 e. The van der Waals surface area contributed by atoms with Crippen LogP contribution in [-0.2, 0) is 0 Å². The lowest BCUT2D eigenvalue weighted by molar-refractivity contribution is -0.299. The van der Waals surface area contributed by atoms with E-state index in [-0.39, 0.29) is 11.1 Å². The molecule has 1 rings (SSSR count). The van der Waals surface area contributed by atoms with Crippen LogP contribution < -0.4 is 4.74 Å². The molecule has 0 aromatic heterocycles. The van der Waals surface area contributed by atoms with Gasteiger partial charge in [-0.15, -0.1) is 0 Å². The Kier molecular flexibility index (Phi) is 4.12. The Bertz CT molecular complexity index is 449. The van der Waals surface area contributed by atoms with Gasteiger partial charge in [0.2, 0.25) is 0 Å². The first kappa shape index (κ1) is 15.3. The summed E-state index contributed by atoms with van der Waals surface area (Å²) in [6.07, 6.45) is -14.6. The van der Waals surface area contributed by atoms with Gasteiger partial charge in [0.1, 0.15) is 12.0 Å². The van der Waals surface area contributed by atoms with Crippen molar-refractivity contribution in [1.82, 2.24) is 0 Å². The number of halogens is 6. The van der Waals surface area contributed by atoms with Gasteiger partial charge in [-0.1, -0.05) is 0 Å². The summed E-state index contributed by atoms with van der Waals surface area (Å²) in [4.78, 5) is 10.4. The Labute approximate surface area is 104 Å². The number of carbonyl (C=O) groups is 1. The molecule has 0 fully saturated rings. The summed E-state index contributed by atoms with van der Waals surface area (Å²) >= 11 is 0. The summed E-state index contributed by atoms with van der Waals surface area (Å²) in [7, 11) is 0. The molecule has 0 spiro atoms. The predicted molar refractivity (Wildman–Crippen MR) is 53.1 cm³/mol. The van der Waals surface area contributed by atoms with E-state index in [1.165, 1.54) is 6.92 Å². The summed E-state index contributed by atoms with van der Waals surface area (Å²) in [6, 6.07) is 3.09. The maximum atomic E-state index is 12.3. The first-order valence-electron chi connectivity index (χ1n) is 4.91. The van der Waals surface area contributed by atoms with Crippen molar-refractivity contribution >= 4 is 6.29 Å². The topological polar surface area (TPSA) is 26.3 Å². The van der Waals surface area contributed by atoms with Crippen molar-refractivity contribution in [2.45, 2.75) is 25.4 Å². The second-order valence-corrected chi connectivity index (χ2v) is 3.72. The van der Waals surface area contributed by atoms with Gasteiger partial charge in [0.05, 0.1) is 0 Å². The Morgan fingerprint density at radius 1 is 1.11 bits per heavy atom. The summed E-state index contributed by atoms with van der Waals surface area (Å²) in [6.45, 7) is 1.24. The lowest BCUT2D eigenvalue weighted by Crippen LogP contribution is -2.46. The minimum atomic E-state index is -5.58. The average Bonchev–Trinajstić information content (AvgIpc) is 2.23. The van der Waals surface area contributed by atoms with Gasteiger partial charge in [-0.2, -0.15) is 26.3 Å². The lowest BCUT2D eigenvalue weighted by atomic mass is 10.1. The van der Waals surface area contributed by atoms with Crippen LogP contribution in [0.5, 0.6) is 5.75 Å². The van der Waals surface area contributed by atoms with Crippen molar-refractivity contribution in [3.63, 3.8) is 0 Å². The van der Waals surface area contributed by atoms with Gasteiger partial charge in [0.25, 0.3) is 6.10 Å². The zero-order valence-corrected chi connectivity index (χ0v) is 9.47. The monoisotopic (exact) mass is 286 g/mol. The van der Waals surface area contributed by atoms with Crippen molar-refractivity contribution in [2.75, 3.05) is 0 Å². The van der Waals surface area contributed by atoms with E-state index in [1.54, 1.807) is 0 Å². The zero-order chi connectivity index (χ0) is 14.8. The summed E-state index contributed by atoms with van der Waals surface area (Å²) in [5, 5.41) is 0. The van der Waals surface area contributed by atoms with Crippen LogP contribution in [0.1, 0.15) is 15.9 Å². The minimum absolute atomic E-state index is 0.00287. The van der Waals surface area contributed by atoms with Gasteiger partial charge in [0.15, 0.2) is 0 Å². The molecule has 0 amide bonds. The smallest absolute Gasteiger partial charge is 0.434 e. The Balaban J connectivity index is 3.08. The summed E-state index contributed by atoms with van der Waals surface area (Å²) in [5.74, 6) is -0.578. The van der Waals surface area contributed by atoms with E-state index < -0.39 is 24.2 Å². The molecule has 8 heteroatoms. The van der Waals surface area contributed by atoms with E-state index in [9.17, 15) is 31.1 Å². The lowest BCUT2D eigenvalue weighted by Gasteiger charge is -2.24. The standard InChI is InChI=1S/C11H8F6O2/c1-6-4-7(5-18)2-3-8(6)19-9(10(12,13)14)11(15,16)17/h2-5,9H,1H3. The molecule has 0 atom stereocenters. The molecule has 0 aliphatic heterocycles. The molecule has 0 radical (unpaired) electrons. The fourth-order valence-electron chi connectivity index (χ4n) is 1.32. The number of hydrogen-bond donors (Lipinski definition) is 0. The first-order valence-corrected chi connectivity index (χ1v) is 4.91. The number of benzene rings is 1. The van der Waals surface area contributed by atoms with Gasteiger partial charge in [-0.3, -0.25) is 4.79 Å². The van der Waals surface area contributed by atoms with Crippen LogP contribution in [0, 0.1) is 6.92 Å². The molecule has 1 aromatic rings. The van der Waals surface area contributed by atoms with Crippen LogP contribution in [0.3, 0.4) is 0 Å². The molecule has 0 bridgehead atoms. The SMILES string of the molecule is Cc1cc(C=O)ccc1OC(C(F)(F)F)C(F)(F)F. The first-order chi connectivity index (χ1) is 8.55. The second-order valence-electron chi connectivity index (χ2n) is 3.72. The fraction of sp³-hybridized carbons (Fsp3) is 0.364. The normalized spacial score (nSPS) is 12.6. The van der Waals surface area contributed by atoms with Crippen LogP contribution in [0.4, 0.5) is 26.3 Å². The van der Waals surface area contributed by atoms with E-state index in [2.05, 4.69) is 4.74 Å². The van der Waals surface area contributed by atoms with Crippen molar-refractivity contribution in [3.05, 3.63) is 29.3 Å². The van der Waals surface area contributed by atoms with E-state index in [1.807, 2.05) is 0 Å². The molecule has 0 aliphatic carbocycles. The van der Waals surface area contributed by atoms with E-state index in [0.717, 1.165) is 18.2 Å². The highest BCUT2D eigenvalue weighted by atomic mass is 19.4.